The van der Waals surface area contributed by atoms with Crippen LogP contribution in [-0.4, -0.2) is 93.7 Å². The zero-order valence-corrected chi connectivity index (χ0v) is 20.5. The summed E-state index contributed by atoms with van der Waals surface area (Å²) in [6.07, 6.45) is 5.00. The van der Waals surface area contributed by atoms with Gasteiger partial charge >= 0.3 is 6.03 Å². The molecule has 0 saturated carbocycles. The van der Waals surface area contributed by atoms with Crippen molar-refractivity contribution in [2.24, 2.45) is 0 Å². The molecule has 0 aromatic rings. The summed E-state index contributed by atoms with van der Waals surface area (Å²) >= 11 is 1.91. The highest BCUT2D eigenvalue weighted by atomic mass is 32.2. The van der Waals surface area contributed by atoms with Crippen molar-refractivity contribution in [3.63, 3.8) is 0 Å². The summed E-state index contributed by atoms with van der Waals surface area (Å²) in [5, 5.41) is 12.1. The van der Waals surface area contributed by atoms with E-state index in [2.05, 4.69) is 21.3 Å². The number of unbranched alkanes of at least 4 members (excludes halogenated alkanes) is 1. The van der Waals surface area contributed by atoms with E-state index in [0.29, 0.717) is 64.4 Å². The standard InChI is InChI=1S/C22H40N4O6S/c1-17(27)23-8-4-10-30-12-14-32-15-13-31-11-5-9-24-20(28)7-3-2-6-19-21-18(16-33-19)25-22(29)26-21/h18-19,21H,2-16H2,1H3,(H,23,27)(H,24,28)(H2,25,26,29)/t18-,19-,21-/m0/s1. The first-order valence-corrected chi connectivity index (χ1v) is 13.0. The van der Waals surface area contributed by atoms with Gasteiger partial charge in [-0.25, -0.2) is 4.79 Å². The lowest BCUT2D eigenvalue weighted by atomic mass is 10.0. The lowest BCUT2D eigenvalue weighted by Gasteiger charge is -2.16. The van der Waals surface area contributed by atoms with Gasteiger partial charge in [0.15, 0.2) is 0 Å². The van der Waals surface area contributed by atoms with E-state index < -0.39 is 0 Å². The average molecular weight is 489 g/mol. The van der Waals surface area contributed by atoms with Crippen LogP contribution in [0.2, 0.25) is 0 Å². The van der Waals surface area contributed by atoms with Crippen molar-refractivity contribution in [3.8, 4) is 0 Å². The van der Waals surface area contributed by atoms with Gasteiger partial charge < -0.3 is 35.5 Å². The molecule has 33 heavy (non-hydrogen) atoms. The molecule has 2 aliphatic rings. The molecule has 0 aliphatic carbocycles. The number of fused-ring (bicyclic) bond motifs is 1. The summed E-state index contributed by atoms with van der Waals surface area (Å²) in [6, 6.07) is 0.447. The molecule has 0 aromatic carbocycles. The predicted molar refractivity (Wildman–Crippen MR) is 127 cm³/mol. The molecule has 0 aromatic heterocycles. The lowest BCUT2D eigenvalue weighted by molar-refractivity contribution is -0.121. The molecule has 2 aliphatic heterocycles. The smallest absolute Gasteiger partial charge is 0.315 e. The van der Waals surface area contributed by atoms with Gasteiger partial charge in [0.05, 0.1) is 38.5 Å². The van der Waals surface area contributed by atoms with Gasteiger partial charge in [0.25, 0.3) is 0 Å². The number of urea groups is 1. The molecule has 0 unspecified atom stereocenters. The zero-order chi connectivity index (χ0) is 23.7. The van der Waals surface area contributed by atoms with Gasteiger partial charge in [-0.3, -0.25) is 9.59 Å². The number of rotatable bonds is 19. The van der Waals surface area contributed by atoms with Crippen molar-refractivity contribution in [3.05, 3.63) is 0 Å². The predicted octanol–water partition coefficient (Wildman–Crippen LogP) is 0.795. The Morgan fingerprint density at radius 1 is 0.909 bits per heavy atom. The van der Waals surface area contributed by atoms with E-state index in [1.807, 2.05) is 11.8 Å². The number of hydrogen-bond acceptors (Lipinski definition) is 7. The Labute approximate surface area is 201 Å². The van der Waals surface area contributed by atoms with E-state index in [4.69, 9.17) is 14.2 Å². The molecule has 2 heterocycles. The van der Waals surface area contributed by atoms with Crippen molar-refractivity contribution in [2.45, 2.75) is 62.8 Å². The highest BCUT2D eigenvalue weighted by Gasteiger charge is 2.42. The second kappa shape index (κ2) is 17.0. The molecule has 0 spiro atoms. The zero-order valence-electron chi connectivity index (χ0n) is 19.7. The lowest BCUT2D eigenvalue weighted by Crippen LogP contribution is -2.36. The molecule has 190 valence electrons. The number of hydrogen-bond donors (Lipinski definition) is 4. The molecule has 0 bridgehead atoms. The Bertz CT molecular complexity index is 597. The first kappa shape index (κ1) is 27.7. The van der Waals surface area contributed by atoms with E-state index >= 15 is 0 Å². The van der Waals surface area contributed by atoms with Gasteiger partial charge in [-0.15, -0.1) is 0 Å². The van der Waals surface area contributed by atoms with Gasteiger partial charge in [-0.05, 0) is 25.7 Å². The topological polar surface area (TPSA) is 127 Å². The SMILES string of the molecule is CC(=O)NCCCOCCOCCOCCCNC(=O)CCCC[C@@H]1SC[C@@H]2NC(=O)N[C@@H]21. The van der Waals surface area contributed by atoms with E-state index in [-0.39, 0.29) is 29.9 Å². The average Bonchev–Trinajstić information content (AvgIpc) is 3.33. The number of carbonyl (C=O) groups is 3. The summed E-state index contributed by atoms with van der Waals surface area (Å²) in [6.45, 7) is 6.02. The van der Waals surface area contributed by atoms with Crippen molar-refractivity contribution in [1.82, 2.24) is 21.3 Å². The second-order valence-corrected chi connectivity index (χ2v) is 9.52. The third-order valence-electron chi connectivity index (χ3n) is 5.45. The van der Waals surface area contributed by atoms with Crippen LogP contribution in [-0.2, 0) is 23.8 Å². The summed E-state index contributed by atoms with van der Waals surface area (Å²) in [5.41, 5.74) is 0. The summed E-state index contributed by atoms with van der Waals surface area (Å²) in [5.74, 6) is 1.03. The first-order valence-electron chi connectivity index (χ1n) is 12.0. The van der Waals surface area contributed by atoms with Crippen molar-refractivity contribution >= 4 is 29.6 Å². The third kappa shape index (κ3) is 12.5. The van der Waals surface area contributed by atoms with Crippen LogP contribution in [0.4, 0.5) is 4.79 Å². The molecular formula is C22H40N4O6S. The molecule has 2 rings (SSSR count). The van der Waals surface area contributed by atoms with E-state index in [1.165, 1.54) is 6.92 Å². The largest absolute Gasteiger partial charge is 0.379 e. The Morgan fingerprint density at radius 2 is 1.55 bits per heavy atom. The fourth-order valence-electron chi connectivity index (χ4n) is 3.75. The highest BCUT2D eigenvalue weighted by Crippen LogP contribution is 2.33. The molecule has 10 nitrogen and oxygen atoms in total. The Hall–Kier alpha value is -1.56. The quantitative estimate of drug-likeness (QED) is 0.156. The maximum absolute atomic E-state index is 11.9. The van der Waals surface area contributed by atoms with Crippen molar-refractivity contribution in [1.29, 1.82) is 0 Å². The maximum atomic E-state index is 11.9. The van der Waals surface area contributed by atoms with Crippen LogP contribution in [0.3, 0.4) is 0 Å². The second-order valence-electron chi connectivity index (χ2n) is 8.24. The van der Waals surface area contributed by atoms with Gasteiger partial charge in [-0.1, -0.05) is 6.42 Å². The first-order chi connectivity index (χ1) is 16.1. The molecule has 4 amide bonds. The van der Waals surface area contributed by atoms with E-state index in [9.17, 15) is 14.4 Å². The minimum atomic E-state index is -0.0522. The Morgan fingerprint density at radius 3 is 2.21 bits per heavy atom. The maximum Gasteiger partial charge on any atom is 0.315 e. The van der Waals surface area contributed by atoms with Gasteiger partial charge in [0.1, 0.15) is 0 Å². The fourth-order valence-corrected chi connectivity index (χ4v) is 5.29. The molecule has 0 radical (unpaired) electrons. The van der Waals surface area contributed by atoms with Crippen molar-refractivity contribution < 1.29 is 28.6 Å². The number of nitrogens with one attached hydrogen (secondary N) is 4. The summed E-state index contributed by atoms with van der Waals surface area (Å²) < 4.78 is 16.3. The number of carbonyl (C=O) groups excluding carboxylic acids is 3. The van der Waals surface area contributed by atoms with Gasteiger partial charge in [-0.2, -0.15) is 11.8 Å². The monoisotopic (exact) mass is 488 g/mol. The highest BCUT2D eigenvalue weighted by molar-refractivity contribution is 8.00. The number of amides is 4. The Kier molecular flexibility index (Phi) is 14.2. The molecule has 3 atom stereocenters. The normalized spacial score (nSPS) is 21.4. The van der Waals surface area contributed by atoms with Crippen LogP contribution in [0.25, 0.3) is 0 Å². The fraction of sp³-hybridized carbons (Fsp3) is 0.864. The third-order valence-corrected chi connectivity index (χ3v) is 6.96. The van der Waals surface area contributed by atoms with Gasteiger partial charge in [0.2, 0.25) is 11.8 Å². The summed E-state index contributed by atoms with van der Waals surface area (Å²) in [7, 11) is 0. The van der Waals surface area contributed by atoms with Crippen LogP contribution >= 0.6 is 11.8 Å². The number of thioether (sulfide) groups is 1. The minimum absolute atomic E-state index is 0.0241. The number of ether oxygens (including phenoxy) is 3. The van der Waals surface area contributed by atoms with Gasteiger partial charge in [0, 0.05) is 50.7 Å². The van der Waals surface area contributed by atoms with Crippen LogP contribution in [0, 0.1) is 0 Å². The van der Waals surface area contributed by atoms with Crippen molar-refractivity contribution in [2.75, 3.05) is 58.5 Å². The molecule has 11 heteroatoms. The van der Waals surface area contributed by atoms with Crippen LogP contribution in [0.5, 0.6) is 0 Å². The molecule has 2 fully saturated rings. The Balaban J connectivity index is 1.28. The minimum Gasteiger partial charge on any atom is -0.379 e. The molecule has 4 N–H and O–H groups in total. The van der Waals surface area contributed by atoms with Crippen LogP contribution in [0.15, 0.2) is 0 Å². The molecular weight excluding hydrogens is 448 g/mol. The van der Waals surface area contributed by atoms with E-state index in [1.54, 1.807) is 0 Å². The molecule has 2 saturated heterocycles. The van der Waals surface area contributed by atoms with Crippen LogP contribution in [0.1, 0.15) is 45.4 Å². The summed E-state index contributed by atoms with van der Waals surface area (Å²) in [4.78, 5) is 34.0. The van der Waals surface area contributed by atoms with E-state index in [0.717, 1.165) is 37.9 Å². The van der Waals surface area contributed by atoms with Crippen LogP contribution < -0.4 is 21.3 Å².